The Balaban J connectivity index is -0.000000167. The summed E-state index contributed by atoms with van der Waals surface area (Å²) < 4.78 is 8.88. The molecule has 200 valence electrons. The van der Waals surface area contributed by atoms with E-state index < -0.39 is 7.82 Å². The molecule has 9 N–H and O–H groups in total. The standard InChI is InChI=1S/3C8H19N.H3O4P/c3*1-3-5-6-8(4-2)7-9;1-5(2,3)4/h3*8H,3-7,9H2,1-2H3;(H3,1,2,3,4). The molecule has 0 spiro atoms. The molecule has 0 amide bonds. The number of nitrogens with two attached hydrogens (primary N) is 3. The second-order valence-corrected chi connectivity index (χ2v) is 9.50. The molecule has 0 radical (unpaired) electrons. The first-order valence-electron chi connectivity index (χ1n) is 12.9. The van der Waals surface area contributed by atoms with Gasteiger partial charge in [-0.15, -0.1) is 0 Å². The first-order valence-corrected chi connectivity index (χ1v) is 14.5. The van der Waals surface area contributed by atoms with Crippen LogP contribution in [0, 0.1) is 17.8 Å². The highest BCUT2D eigenvalue weighted by atomic mass is 31.2. The van der Waals surface area contributed by atoms with Crippen LogP contribution in [0.15, 0.2) is 0 Å². The Kier molecular flexibility index (Phi) is 38.0. The summed E-state index contributed by atoms with van der Waals surface area (Å²) in [5, 5.41) is 0. The molecule has 0 bridgehead atoms. The largest absolute Gasteiger partial charge is 0.466 e. The summed E-state index contributed by atoms with van der Waals surface area (Å²) in [6.07, 6.45) is 15.6. The van der Waals surface area contributed by atoms with Crippen LogP contribution >= 0.6 is 7.82 Å². The van der Waals surface area contributed by atoms with Crippen LogP contribution in [0.4, 0.5) is 0 Å². The fraction of sp³-hybridized carbons (Fsp3) is 1.00. The van der Waals surface area contributed by atoms with Crippen molar-refractivity contribution >= 4 is 7.82 Å². The maximum absolute atomic E-state index is 8.88. The molecule has 0 aromatic carbocycles. The molecular weight excluding hydrogens is 425 g/mol. The Morgan fingerprint density at radius 3 is 0.844 bits per heavy atom. The summed E-state index contributed by atoms with van der Waals surface area (Å²) in [6, 6.07) is 0. The molecule has 3 unspecified atom stereocenters. The molecule has 7 nitrogen and oxygen atoms in total. The highest BCUT2D eigenvalue weighted by Gasteiger charge is 2.02. The van der Waals surface area contributed by atoms with Crippen molar-refractivity contribution in [2.75, 3.05) is 19.6 Å². The molecule has 0 saturated heterocycles. The number of phosphoric acid groups is 1. The molecule has 0 fully saturated rings. The molecule has 0 aromatic heterocycles. The van der Waals surface area contributed by atoms with Crippen LogP contribution < -0.4 is 17.2 Å². The van der Waals surface area contributed by atoms with E-state index in [1.165, 1.54) is 77.0 Å². The molecule has 0 saturated carbocycles. The summed E-state index contributed by atoms with van der Waals surface area (Å²) >= 11 is 0. The number of rotatable bonds is 15. The SMILES string of the molecule is CCCCC(CC)CN.CCCCC(CC)CN.CCCCC(CC)CN.O=P(O)(O)O. The second kappa shape index (κ2) is 31.0. The molecular formula is C24H60N3O4P. The van der Waals surface area contributed by atoms with Crippen molar-refractivity contribution < 1.29 is 19.2 Å². The predicted molar refractivity (Wildman–Crippen MR) is 141 cm³/mol. The summed E-state index contributed by atoms with van der Waals surface area (Å²) in [4.78, 5) is 21.6. The van der Waals surface area contributed by atoms with Crippen molar-refractivity contribution in [2.45, 2.75) is 119 Å². The van der Waals surface area contributed by atoms with Gasteiger partial charge in [-0.25, -0.2) is 4.57 Å². The van der Waals surface area contributed by atoms with E-state index >= 15 is 0 Å². The van der Waals surface area contributed by atoms with E-state index in [1.54, 1.807) is 0 Å². The van der Waals surface area contributed by atoms with Crippen molar-refractivity contribution in [1.29, 1.82) is 0 Å². The van der Waals surface area contributed by atoms with Gasteiger partial charge in [0.25, 0.3) is 0 Å². The van der Waals surface area contributed by atoms with Crippen molar-refractivity contribution in [1.82, 2.24) is 0 Å². The molecule has 32 heavy (non-hydrogen) atoms. The van der Waals surface area contributed by atoms with Crippen molar-refractivity contribution in [2.24, 2.45) is 35.0 Å². The van der Waals surface area contributed by atoms with E-state index in [-0.39, 0.29) is 0 Å². The lowest BCUT2D eigenvalue weighted by Crippen LogP contribution is -2.12. The number of hydrogen-bond acceptors (Lipinski definition) is 4. The van der Waals surface area contributed by atoms with Crippen molar-refractivity contribution in [3.63, 3.8) is 0 Å². The smallest absolute Gasteiger partial charge is 0.330 e. The van der Waals surface area contributed by atoms with Gasteiger partial charge in [0.2, 0.25) is 0 Å². The highest BCUT2D eigenvalue weighted by molar-refractivity contribution is 7.45. The van der Waals surface area contributed by atoms with E-state index in [4.69, 9.17) is 36.4 Å². The van der Waals surface area contributed by atoms with Gasteiger partial charge in [-0.1, -0.05) is 99.3 Å². The minimum atomic E-state index is -4.64. The van der Waals surface area contributed by atoms with E-state index in [2.05, 4.69) is 41.5 Å². The van der Waals surface area contributed by atoms with Gasteiger partial charge < -0.3 is 31.9 Å². The molecule has 0 heterocycles. The van der Waals surface area contributed by atoms with E-state index in [0.29, 0.717) is 0 Å². The summed E-state index contributed by atoms with van der Waals surface area (Å²) in [5.41, 5.74) is 16.6. The molecule has 0 aliphatic rings. The van der Waals surface area contributed by atoms with Gasteiger partial charge in [0.1, 0.15) is 0 Å². The van der Waals surface area contributed by atoms with Crippen LogP contribution in [-0.4, -0.2) is 34.3 Å². The molecule has 8 heteroatoms. The third-order valence-corrected chi connectivity index (χ3v) is 5.63. The maximum Gasteiger partial charge on any atom is 0.466 e. The van der Waals surface area contributed by atoms with Gasteiger partial charge >= 0.3 is 7.82 Å². The van der Waals surface area contributed by atoms with Gasteiger partial charge in [-0.05, 0) is 56.7 Å². The highest BCUT2D eigenvalue weighted by Crippen LogP contribution is 2.25. The van der Waals surface area contributed by atoms with Crippen LogP contribution in [0.25, 0.3) is 0 Å². The zero-order valence-corrected chi connectivity index (χ0v) is 23.2. The van der Waals surface area contributed by atoms with E-state index in [9.17, 15) is 0 Å². The first kappa shape index (κ1) is 39.2. The zero-order chi connectivity index (χ0) is 25.8. The summed E-state index contributed by atoms with van der Waals surface area (Å²) in [5.74, 6) is 2.35. The summed E-state index contributed by atoms with van der Waals surface area (Å²) in [7, 11) is -4.64. The fourth-order valence-corrected chi connectivity index (χ4v) is 2.94. The Morgan fingerprint density at radius 2 is 0.750 bits per heavy atom. The lowest BCUT2D eigenvalue weighted by Gasteiger charge is -2.09. The normalized spacial score (nSPS) is 13.4. The quantitative estimate of drug-likeness (QED) is 0.166. The third kappa shape index (κ3) is 43.8. The van der Waals surface area contributed by atoms with Crippen LogP contribution in [0.2, 0.25) is 0 Å². The van der Waals surface area contributed by atoms with E-state index in [0.717, 1.165) is 37.4 Å². The Labute approximate surface area is 200 Å². The van der Waals surface area contributed by atoms with Gasteiger partial charge in [-0.2, -0.15) is 0 Å². The minimum absolute atomic E-state index is 0.782. The lowest BCUT2D eigenvalue weighted by molar-refractivity contribution is 0.275. The second-order valence-electron chi connectivity index (χ2n) is 8.47. The maximum atomic E-state index is 8.88. The average molecular weight is 486 g/mol. The van der Waals surface area contributed by atoms with Crippen LogP contribution in [0.1, 0.15) is 119 Å². The number of hydrogen-bond donors (Lipinski definition) is 6. The van der Waals surface area contributed by atoms with Crippen LogP contribution in [0.5, 0.6) is 0 Å². The molecule has 0 aromatic rings. The minimum Gasteiger partial charge on any atom is -0.330 e. The van der Waals surface area contributed by atoms with Gasteiger partial charge in [0, 0.05) is 0 Å². The first-order chi connectivity index (χ1) is 15.0. The van der Waals surface area contributed by atoms with Crippen LogP contribution in [0.3, 0.4) is 0 Å². The van der Waals surface area contributed by atoms with Gasteiger partial charge in [0.05, 0.1) is 0 Å². The fourth-order valence-electron chi connectivity index (χ4n) is 2.94. The molecule has 0 rings (SSSR count). The molecule has 0 aliphatic heterocycles. The predicted octanol–water partition coefficient (Wildman–Crippen LogP) is 5.56. The lowest BCUT2D eigenvalue weighted by atomic mass is 10.00. The molecule has 3 atom stereocenters. The Morgan fingerprint density at radius 1 is 0.562 bits per heavy atom. The molecule has 0 aliphatic carbocycles. The monoisotopic (exact) mass is 485 g/mol. The third-order valence-electron chi connectivity index (χ3n) is 5.63. The number of unbranched alkanes of at least 4 members (excludes halogenated alkanes) is 3. The van der Waals surface area contributed by atoms with Crippen molar-refractivity contribution in [3.8, 4) is 0 Å². The Bertz CT molecular complexity index is 313. The topological polar surface area (TPSA) is 156 Å². The zero-order valence-electron chi connectivity index (χ0n) is 22.3. The average Bonchev–Trinajstić information content (AvgIpc) is 2.76. The van der Waals surface area contributed by atoms with Crippen molar-refractivity contribution in [3.05, 3.63) is 0 Å². The van der Waals surface area contributed by atoms with Gasteiger partial charge in [-0.3, -0.25) is 0 Å². The van der Waals surface area contributed by atoms with Gasteiger partial charge in [0.15, 0.2) is 0 Å². The van der Waals surface area contributed by atoms with Crippen LogP contribution in [-0.2, 0) is 4.57 Å². The summed E-state index contributed by atoms with van der Waals surface area (Å²) in [6.45, 7) is 15.9. The van der Waals surface area contributed by atoms with E-state index in [1.807, 2.05) is 0 Å². The Hall–Kier alpha value is -0.0100.